The maximum atomic E-state index is 13.0. The smallest absolute Gasteiger partial charge is 0.260 e. The van der Waals surface area contributed by atoms with Gasteiger partial charge in [0.1, 0.15) is 23.1 Å². The van der Waals surface area contributed by atoms with Crippen molar-refractivity contribution in [1.82, 2.24) is 25.0 Å². The van der Waals surface area contributed by atoms with Gasteiger partial charge in [-0.25, -0.2) is 14.5 Å². The normalized spacial score (nSPS) is 10.8. The molecule has 0 fully saturated rings. The Morgan fingerprint density at radius 2 is 2.03 bits per heavy atom. The van der Waals surface area contributed by atoms with Gasteiger partial charge >= 0.3 is 0 Å². The van der Waals surface area contributed by atoms with E-state index in [0.717, 1.165) is 0 Å². The molecule has 0 saturated carbocycles. The second-order valence-corrected chi connectivity index (χ2v) is 7.33. The van der Waals surface area contributed by atoms with Crippen LogP contribution >= 0.6 is 0 Å². The van der Waals surface area contributed by atoms with Crippen molar-refractivity contribution in [1.29, 1.82) is 5.26 Å². The number of carbonyl (C=O) groups is 1. The van der Waals surface area contributed by atoms with Crippen LogP contribution in [0.5, 0.6) is 5.75 Å². The molecule has 0 saturated heterocycles. The first-order valence-corrected chi connectivity index (χ1v) is 10.4. The molecule has 12 nitrogen and oxygen atoms in total. The Morgan fingerprint density at radius 1 is 1.19 bits per heavy atom. The number of anilines is 1. The molecule has 0 spiro atoms. The van der Waals surface area contributed by atoms with Gasteiger partial charge in [0.15, 0.2) is 17.4 Å². The van der Waals surface area contributed by atoms with Crippen LogP contribution < -0.4 is 5.32 Å². The van der Waals surface area contributed by atoms with Crippen molar-refractivity contribution in [2.45, 2.75) is 0 Å². The second-order valence-electron chi connectivity index (χ2n) is 7.33. The molecule has 3 N–H and O–H groups in total. The van der Waals surface area contributed by atoms with Crippen LogP contribution in [0.15, 0.2) is 77.3 Å². The fourth-order valence-corrected chi connectivity index (χ4v) is 3.49. The molecule has 1 amide bonds. The molecular weight excluding hydrogens is 460 g/mol. The van der Waals surface area contributed by atoms with Gasteiger partial charge in [-0.1, -0.05) is 30.3 Å². The highest BCUT2D eigenvalue weighted by Crippen LogP contribution is 2.40. The first kappa shape index (κ1) is 21.9. The van der Waals surface area contributed by atoms with E-state index in [1.54, 1.807) is 48.7 Å². The predicted octanol–water partition coefficient (Wildman–Crippen LogP) is 4.94. The Morgan fingerprint density at radius 3 is 2.81 bits per heavy atom. The van der Waals surface area contributed by atoms with Crippen LogP contribution in [0.2, 0.25) is 0 Å². The number of hydrogen-bond acceptors (Lipinski definition) is 8. The van der Waals surface area contributed by atoms with E-state index in [4.69, 9.17) is 11.8 Å². The first-order valence-electron chi connectivity index (χ1n) is 10.4. The number of aromatic amines is 1. The number of nitrogens with one attached hydrogen (secondary N) is 2. The van der Waals surface area contributed by atoms with Crippen LogP contribution in [0.3, 0.4) is 0 Å². The summed E-state index contributed by atoms with van der Waals surface area (Å²) in [6.45, 7) is 7.45. The van der Waals surface area contributed by atoms with Crippen molar-refractivity contribution in [3.8, 4) is 17.6 Å². The maximum absolute atomic E-state index is 13.0. The van der Waals surface area contributed by atoms with Gasteiger partial charge in [0, 0.05) is 11.6 Å². The Labute approximate surface area is 203 Å². The lowest BCUT2D eigenvalue weighted by atomic mass is 10.0. The molecule has 172 valence electrons. The van der Waals surface area contributed by atoms with Crippen molar-refractivity contribution in [2.75, 3.05) is 5.32 Å². The highest BCUT2D eigenvalue weighted by atomic mass is 16.3. The van der Waals surface area contributed by atoms with E-state index in [0.29, 0.717) is 16.6 Å². The number of benzene rings is 2. The van der Waals surface area contributed by atoms with E-state index >= 15 is 0 Å². The molecule has 0 aliphatic heterocycles. The average molecular weight is 474 g/mol. The number of carbonyl (C=O) groups excluding carboxylic acids is 1. The van der Waals surface area contributed by atoms with Gasteiger partial charge < -0.3 is 10.4 Å². The summed E-state index contributed by atoms with van der Waals surface area (Å²) in [6, 6.07) is 15.6. The van der Waals surface area contributed by atoms with Crippen LogP contribution in [-0.2, 0) is 0 Å². The van der Waals surface area contributed by atoms with Gasteiger partial charge in [-0.3, -0.25) is 9.89 Å². The number of pyridine rings is 1. The minimum absolute atomic E-state index is 0.0214. The summed E-state index contributed by atoms with van der Waals surface area (Å²) in [4.78, 5) is 20.7. The summed E-state index contributed by atoms with van der Waals surface area (Å²) in [7, 11) is 0. The molecule has 3 heterocycles. The van der Waals surface area contributed by atoms with Crippen molar-refractivity contribution >= 4 is 39.7 Å². The molecule has 0 aliphatic rings. The van der Waals surface area contributed by atoms with E-state index < -0.39 is 11.7 Å². The lowest BCUT2D eigenvalue weighted by Gasteiger charge is -2.10. The Bertz CT molecular complexity index is 1720. The minimum Gasteiger partial charge on any atom is -0.505 e. The number of azo groups is 1. The summed E-state index contributed by atoms with van der Waals surface area (Å²) >= 11 is 0. The van der Waals surface area contributed by atoms with Crippen molar-refractivity contribution < 1.29 is 9.90 Å². The van der Waals surface area contributed by atoms with Gasteiger partial charge in [0.05, 0.1) is 24.5 Å². The summed E-state index contributed by atoms with van der Waals surface area (Å²) in [6.07, 6.45) is 4.19. The highest BCUT2D eigenvalue weighted by Gasteiger charge is 2.21. The van der Waals surface area contributed by atoms with Crippen LogP contribution in [-0.4, -0.2) is 36.0 Å². The lowest BCUT2D eigenvalue weighted by Crippen LogP contribution is -2.13. The quantitative estimate of drug-likeness (QED) is 0.241. The van der Waals surface area contributed by atoms with Crippen LogP contribution in [0, 0.1) is 17.9 Å². The zero-order valence-electron chi connectivity index (χ0n) is 18.3. The number of rotatable bonds is 5. The Kier molecular flexibility index (Phi) is 5.59. The number of hydrogen-bond donors (Lipinski definition) is 3. The van der Waals surface area contributed by atoms with Crippen LogP contribution in [0.4, 0.5) is 23.0 Å². The molecule has 0 atom stereocenters. The summed E-state index contributed by atoms with van der Waals surface area (Å²) in [5.74, 6) is -0.481. The van der Waals surface area contributed by atoms with E-state index in [2.05, 4.69) is 40.7 Å². The molecule has 0 bridgehead atoms. The number of aromatic nitrogens is 5. The monoisotopic (exact) mass is 474 g/mol. The fourth-order valence-electron chi connectivity index (χ4n) is 3.49. The van der Waals surface area contributed by atoms with Crippen molar-refractivity contribution in [3.63, 3.8) is 0 Å². The summed E-state index contributed by atoms with van der Waals surface area (Å²) in [5, 5.41) is 42.8. The molecule has 12 heteroatoms. The van der Waals surface area contributed by atoms with E-state index in [1.165, 1.54) is 23.1 Å². The Balaban J connectivity index is 1.62. The maximum Gasteiger partial charge on any atom is 0.260 e. The first-order chi connectivity index (χ1) is 17.6. The molecule has 3 aromatic heterocycles. The van der Waals surface area contributed by atoms with Gasteiger partial charge in [-0.05, 0) is 23.6 Å². The number of phenols is 1. The third-order valence-electron chi connectivity index (χ3n) is 5.19. The van der Waals surface area contributed by atoms with Crippen molar-refractivity contribution in [2.24, 2.45) is 10.2 Å². The SMILES string of the molecule is [C-]#[N+]c1cnn(-c2ccccn2)c1/N=N/c1c(O)c(C(=O)Nc2[nH]ncc2C#N)cc2ccccc12. The fraction of sp³-hybridized carbons (Fsp3) is 0. The number of nitriles is 1. The molecular formula is C24H14N10O2. The molecule has 0 unspecified atom stereocenters. The zero-order valence-corrected chi connectivity index (χ0v) is 18.3. The molecule has 5 aromatic rings. The molecule has 36 heavy (non-hydrogen) atoms. The third kappa shape index (κ3) is 3.87. The molecule has 2 aromatic carbocycles. The van der Waals surface area contributed by atoms with Gasteiger partial charge in [0.25, 0.3) is 11.6 Å². The zero-order chi connectivity index (χ0) is 25.1. The average Bonchev–Trinajstić information content (AvgIpc) is 3.54. The number of aromatic hydroxyl groups is 1. The van der Waals surface area contributed by atoms with Gasteiger partial charge in [0.2, 0.25) is 0 Å². The summed E-state index contributed by atoms with van der Waals surface area (Å²) in [5.41, 5.74) is 0.196. The second kappa shape index (κ2) is 9.17. The van der Waals surface area contributed by atoms with Crippen LogP contribution in [0.25, 0.3) is 21.4 Å². The lowest BCUT2D eigenvalue weighted by molar-refractivity contribution is 0.102. The summed E-state index contributed by atoms with van der Waals surface area (Å²) < 4.78 is 1.36. The predicted molar refractivity (Wildman–Crippen MR) is 129 cm³/mol. The number of H-pyrrole nitrogens is 1. The highest BCUT2D eigenvalue weighted by molar-refractivity contribution is 6.11. The van der Waals surface area contributed by atoms with Gasteiger partial charge in [-0.15, -0.1) is 10.2 Å². The standard InChI is InChI=1S/C24H14N10O2/c1-26-18-13-29-34(19-8-4-5-9-27-19)23(18)33-31-20-16-7-3-2-6-14(16)10-17(21(20)35)24(36)30-22-15(11-25)12-28-32-22/h2-10,12-13,35H,(H2,28,30,32,36)/b33-31+. The molecule has 0 radical (unpaired) electrons. The molecule has 0 aliphatic carbocycles. The number of amides is 1. The number of nitrogens with zero attached hydrogens (tertiary/aromatic N) is 8. The van der Waals surface area contributed by atoms with E-state index in [1.807, 2.05) is 6.07 Å². The Hall–Kier alpha value is -5.88. The topological polar surface area (TPSA) is 162 Å². The third-order valence-corrected chi connectivity index (χ3v) is 5.19. The number of phenolic OH excluding ortho intramolecular Hbond substituents is 1. The van der Waals surface area contributed by atoms with E-state index in [9.17, 15) is 9.90 Å². The van der Waals surface area contributed by atoms with E-state index in [-0.39, 0.29) is 34.1 Å². The van der Waals surface area contributed by atoms with Gasteiger partial charge in [-0.2, -0.15) is 15.5 Å². The largest absolute Gasteiger partial charge is 0.505 e. The van der Waals surface area contributed by atoms with Crippen molar-refractivity contribution in [3.05, 3.63) is 89.7 Å². The van der Waals surface area contributed by atoms with Crippen LogP contribution in [0.1, 0.15) is 15.9 Å². The minimum atomic E-state index is -0.684. The number of fused-ring (bicyclic) bond motifs is 1. The molecule has 5 rings (SSSR count).